The predicted molar refractivity (Wildman–Crippen MR) is 148 cm³/mol. The van der Waals surface area contributed by atoms with E-state index in [-0.39, 0.29) is 35.8 Å². The Morgan fingerprint density at radius 2 is 1.89 bits per heavy atom. The molecule has 3 amide bonds. The van der Waals surface area contributed by atoms with Crippen LogP contribution in [0.25, 0.3) is 10.4 Å². The Kier molecular flexibility index (Phi) is 9.79. The smallest absolute Gasteiger partial charge is 0.243 e. The van der Waals surface area contributed by atoms with Gasteiger partial charge in [-0.05, 0) is 43.7 Å². The van der Waals surface area contributed by atoms with Crippen LogP contribution in [0.15, 0.2) is 41.5 Å². The number of carbonyl (C=O) groups excluding carboxylic acids is 4. The van der Waals surface area contributed by atoms with Gasteiger partial charge in [0.1, 0.15) is 12.0 Å². The van der Waals surface area contributed by atoms with E-state index >= 15 is 0 Å². The van der Waals surface area contributed by atoms with Crippen LogP contribution in [0.1, 0.15) is 57.3 Å². The molecule has 38 heavy (non-hydrogen) atoms. The molecule has 4 N–H and O–H groups in total. The van der Waals surface area contributed by atoms with Crippen LogP contribution in [0, 0.1) is 18.8 Å². The minimum Gasteiger partial charge on any atom is -0.402 e. The van der Waals surface area contributed by atoms with Crippen molar-refractivity contribution in [3.05, 3.63) is 52.8 Å². The number of ketones is 1. The molecule has 2 aromatic rings. The predicted octanol–water partition coefficient (Wildman–Crippen LogP) is 3.11. The van der Waals surface area contributed by atoms with Gasteiger partial charge in [0.2, 0.25) is 17.7 Å². The van der Waals surface area contributed by atoms with Gasteiger partial charge in [0.25, 0.3) is 0 Å². The van der Waals surface area contributed by atoms with Crippen molar-refractivity contribution >= 4 is 34.8 Å². The van der Waals surface area contributed by atoms with Crippen LogP contribution in [0.4, 0.5) is 0 Å². The van der Waals surface area contributed by atoms with E-state index in [2.05, 4.69) is 15.6 Å². The summed E-state index contributed by atoms with van der Waals surface area (Å²) in [6, 6.07) is 6.41. The average molecular weight is 540 g/mol. The largest absolute Gasteiger partial charge is 0.402 e. The zero-order chi connectivity index (χ0) is 28.0. The van der Waals surface area contributed by atoms with E-state index in [0.29, 0.717) is 25.1 Å². The molecular formula is C28H37N5O4S. The van der Waals surface area contributed by atoms with Crippen molar-refractivity contribution in [2.24, 2.45) is 17.6 Å². The SMILES string of the molecule is CNC(=O)CC(NC(=O)C1CCCN1C(=O)[C@@H](C(=O)C=C(C)N)C(C)C)c1ccc(-c2scnc2C)cc1. The molecule has 3 rings (SSSR count). The van der Waals surface area contributed by atoms with Crippen molar-refractivity contribution in [2.45, 2.75) is 59.0 Å². The first kappa shape index (κ1) is 29.0. The van der Waals surface area contributed by atoms with Crippen molar-refractivity contribution in [2.75, 3.05) is 13.6 Å². The molecular weight excluding hydrogens is 502 g/mol. The molecule has 10 heteroatoms. The van der Waals surface area contributed by atoms with E-state index in [1.165, 1.54) is 11.0 Å². The lowest BCUT2D eigenvalue weighted by atomic mass is 9.89. The quantitative estimate of drug-likeness (QED) is 0.314. The van der Waals surface area contributed by atoms with E-state index in [4.69, 9.17) is 5.73 Å². The summed E-state index contributed by atoms with van der Waals surface area (Å²) in [6.45, 7) is 7.56. The number of nitrogens with one attached hydrogen (secondary N) is 2. The van der Waals surface area contributed by atoms with Crippen LogP contribution in [0.3, 0.4) is 0 Å². The number of thiazole rings is 1. The summed E-state index contributed by atoms with van der Waals surface area (Å²) in [5.41, 5.74) is 10.5. The summed E-state index contributed by atoms with van der Waals surface area (Å²) in [5.74, 6) is -2.45. The minimum absolute atomic E-state index is 0.0511. The molecule has 1 aliphatic heterocycles. The first-order chi connectivity index (χ1) is 18.0. The second-order valence-electron chi connectivity index (χ2n) is 10.0. The Bertz CT molecular complexity index is 1200. The number of carbonyl (C=O) groups is 4. The number of benzene rings is 1. The molecule has 2 heterocycles. The molecule has 204 valence electrons. The highest BCUT2D eigenvalue weighted by atomic mass is 32.1. The molecule has 0 spiro atoms. The summed E-state index contributed by atoms with van der Waals surface area (Å²) < 4.78 is 0. The first-order valence-electron chi connectivity index (χ1n) is 12.8. The molecule has 0 saturated carbocycles. The lowest BCUT2D eigenvalue weighted by Crippen LogP contribution is -2.50. The van der Waals surface area contributed by atoms with Crippen LogP contribution in [0.2, 0.25) is 0 Å². The molecule has 1 aliphatic rings. The molecule has 0 aliphatic carbocycles. The number of nitrogens with zero attached hydrogens (tertiary/aromatic N) is 2. The van der Waals surface area contributed by atoms with Crippen LogP contribution in [-0.4, -0.2) is 53.0 Å². The molecule has 3 atom stereocenters. The molecule has 1 saturated heterocycles. The Morgan fingerprint density at radius 3 is 2.45 bits per heavy atom. The normalized spacial score (nSPS) is 17.3. The van der Waals surface area contributed by atoms with E-state index < -0.39 is 18.0 Å². The van der Waals surface area contributed by atoms with Crippen LogP contribution in [0.5, 0.6) is 0 Å². The Labute approximate surface area is 227 Å². The highest BCUT2D eigenvalue weighted by Crippen LogP contribution is 2.30. The molecule has 1 aromatic carbocycles. The van der Waals surface area contributed by atoms with E-state index in [0.717, 1.165) is 21.7 Å². The molecule has 0 radical (unpaired) electrons. The van der Waals surface area contributed by atoms with Gasteiger partial charge in [-0.15, -0.1) is 11.3 Å². The Balaban J connectivity index is 1.81. The van der Waals surface area contributed by atoms with Gasteiger partial charge in [0.15, 0.2) is 5.78 Å². The second-order valence-corrected chi connectivity index (χ2v) is 10.9. The first-order valence-corrected chi connectivity index (χ1v) is 13.7. The Hall–Kier alpha value is -3.53. The number of likely N-dealkylation sites (tertiary alicyclic amines) is 1. The van der Waals surface area contributed by atoms with Gasteiger partial charge >= 0.3 is 0 Å². The maximum Gasteiger partial charge on any atom is 0.243 e. The van der Waals surface area contributed by atoms with E-state index in [1.54, 1.807) is 30.8 Å². The minimum atomic E-state index is -0.911. The van der Waals surface area contributed by atoms with Crippen LogP contribution >= 0.6 is 11.3 Å². The highest BCUT2D eigenvalue weighted by molar-refractivity contribution is 7.13. The van der Waals surface area contributed by atoms with E-state index in [9.17, 15) is 19.2 Å². The van der Waals surface area contributed by atoms with Crippen molar-refractivity contribution in [3.8, 4) is 10.4 Å². The lowest BCUT2D eigenvalue weighted by molar-refractivity contribution is -0.146. The number of nitrogens with two attached hydrogens (primary N) is 1. The molecule has 1 fully saturated rings. The standard InChI is InChI=1S/C28H37N5O4S/c1-16(2)25(23(34)13-17(3)29)28(37)33-12-6-7-22(33)27(36)32-21(14-24(35)30-5)19-8-10-20(11-9-19)26-18(4)31-15-38-26/h8-11,13,15-16,21-22,25H,6-7,12,14,29H2,1-5H3,(H,30,35)(H,32,36)/t21?,22?,25-/m1/s1. The van der Waals surface area contributed by atoms with Gasteiger partial charge in [-0.25, -0.2) is 4.98 Å². The molecule has 0 bridgehead atoms. The topological polar surface area (TPSA) is 134 Å². The summed E-state index contributed by atoms with van der Waals surface area (Å²) in [7, 11) is 1.55. The maximum atomic E-state index is 13.5. The molecule has 9 nitrogen and oxygen atoms in total. The van der Waals surface area contributed by atoms with Crippen molar-refractivity contribution in [1.82, 2.24) is 20.5 Å². The van der Waals surface area contributed by atoms with Crippen LogP contribution < -0.4 is 16.4 Å². The van der Waals surface area contributed by atoms with Crippen molar-refractivity contribution in [1.29, 1.82) is 0 Å². The number of hydrogen-bond donors (Lipinski definition) is 3. The lowest BCUT2D eigenvalue weighted by Gasteiger charge is -2.30. The summed E-state index contributed by atoms with van der Waals surface area (Å²) in [5, 5.41) is 5.62. The fourth-order valence-corrected chi connectivity index (χ4v) is 5.60. The zero-order valence-electron chi connectivity index (χ0n) is 22.6. The monoisotopic (exact) mass is 539 g/mol. The number of hydrogen-bond acceptors (Lipinski definition) is 7. The zero-order valence-corrected chi connectivity index (χ0v) is 23.4. The number of aromatic nitrogens is 1. The fourth-order valence-electron chi connectivity index (χ4n) is 4.78. The third kappa shape index (κ3) is 6.86. The Morgan fingerprint density at radius 1 is 1.21 bits per heavy atom. The van der Waals surface area contributed by atoms with Gasteiger partial charge in [0, 0.05) is 25.4 Å². The number of rotatable bonds is 10. The third-order valence-electron chi connectivity index (χ3n) is 6.75. The van der Waals surface area contributed by atoms with Gasteiger partial charge in [-0.2, -0.15) is 0 Å². The van der Waals surface area contributed by atoms with Crippen molar-refractivity contribution < 1.29 is 19.2 Å². The van der Waals surface area contributed by atoms with Crippen molar-refractivity contribution in [3.63, 3.8) is 0 Å². The average Bonchev–Trinajstić information content (AvgIpc) is 3.52. The number of allylic oxidation sites excluding steroid dienone is 2. The second kappa shape index (κ2) is 12.8. The molecule has 2 unspecified atom stereocenters. The maximum absolute atomic E-state index is 13.5. The highest BCUT2D eigenvalue weighted by Gasteiger charge is 2.40. The van der Waals surface area contributed by atoms with E-state index in [1.807, 2.05) is 45.0 Å². The van der Waals surface area contributed by atoms with Gasteiger partial charge in [0.05, 0.1) is 28.5 Å². The summed E-state index contributed by atoms with van der Waals surface area (Å²) in [4.78, 5) is 58.9. The summed E-state index contributed by atoms with van der Waals surface area (Å²) >= 11 is 1.55. The van der Waals surface area contributed by atoms with Gasteiger partial charge in [-0.1, -0.05) is 38.1 Å². The van der Waals surface area contributed by atoms with Gasteiger partial charge in [-0.3, -0.25) is 19.2 Å². The fraction of sp³-hybridized carbons (Fsp3) is 0.464. The molecule has 1 aromatic heterocycles. The van der Waals surface area contributed by atoms with Gasteiger partial charge < -0.3 is 21.3 Å². The third-order valence-corrected chi connectivity index (χ3v) is 7.73. The van der Waals surface area contributed by atoms with Crippen LogP contribution in [-0.2, 0) is 19.2 Å². The number of amides is 3. The summed E-state index contributed by atoms with van der Waals surface area (Å²) in [6.07, 6.45) is 2.47. The number of aryl methyl sites for hydroxylation is 1.